The molecule has 0 bridgehead atoms. The summed E-state index contributed by atoms with van der Waals surface area (Å²) in [5.74, 6) is 0.945. The van der Waals surface area contributed by atoms with E-state index in [2.05, 4.69) is 4.98 Å². The maximum Gasteiger partial charge on any atom is 0.500 e. The number of nitrogens with zero attached hydrogens (tertiary/aromatic N) is 1. The van der Waals surface area contributed by atoms with Gasteiger partial charge < -0.3 is 18.8 Å². The van der Waals surface area contributed by atoms with E-state index in [4.69, 9.17) is 18.8 Å². The number of pyridine rings is 1. The van der Waals surface area contributed by atoms with Crippen molar-refractivity contribution in [2.45, 2.75) is 52.1 Å². The van der Waals surface area contributed by atoms with Crippen LogP contribution < -0.4 is 14.9 Å². The third-order valence-corrected chi connectivity index (χ3v) is 5.82. The van der Waals surface area contributed by atoms with E-state index in [1.807, 2.05) is 100 Å². The molecule has 0 atom stereocenters. The largest absolute Gasteiger partial charge is 0.500 e. The van der Waals surface area contributed by atoms with Gasteiger partial charge in [0.05, 0.1) is 11.2 Å². The smallest absolute Gasteiger partial charge is 0.473 e. The summed E-state index contributed by atoms with van der Waals surface area (Å²) < 4.78 is 24.5. The fourth-order valence-electron chi connectivity index (χ4n) is 3.24. The van der Waals surface area contributed by atoms with E-state index in [0.717, 1.165) is 16.6 Å². The Bertz CT molecular complexity index is 993. The Morgan fingerprint density at radius 1 is 0.710 bits per heavy atom. The van der Waals surface area contributed by atoms with Crippen LogP contribution in [0, 0.1) is 0 Å². The van der Waals surface area contributed by atoms with E-state index in [1.54, 1.807) is 0 Å². The summed E-state index contributed by atoms with van der Waals surface area (Å²) in [6.45, 7) is 8.94. The summed E-state index contributed by atoms with van der Waals surface area (Å²) in [6, 6.07) is 23.7. The van der Waals surface area contributed by atoms with Gasteiger partial charge in [-0.2, -0.15) is 4.98 Å². The average Bonchev–Trinajstić information content (AvgIpc) is 2.99. The first kappa shape index (κ1) is 21.4. The van der Waals surface area contributed by atoms with E-state index in [9.17, 15) is 0 Å². The normalized spacial score (nSPS) is 16.8. The number of benzene rings is 2. The van der Waals surface area contributed by atoms with Gasteiger partial charge in [-0.25, -0.2) is 0 Å². The fourth-order valence-corrected chi connectivity index (χ4v) is 3.24. The lowest BCUT2D eigenvalue weighted by Crippen LogP contribution is -2.41. The molecule has 0 aliphatic carbocycles. The Kier molecular flexibility index (Phi) is 6.03. The minimum atomic E-state index is -0.563. The van der Waals surface area contributed by atoms with Crippen LogP contribution in [-0.4, -0.2) is 23.3 Å². The summed E-state index contributed by atoms with van der Waals surface area (Å²) >= 11 is 0. The zero-order chi connectivity index (χ0) is 21.9. The van der Waals surface area contributed by atoms with Crippen molar-refractivity contribution in [3.8, 4) is 11.8 Å². The highest BCUT2D eigenvalue weighted by molar-refractivity contribution is 6.63. The van der Waals surface area contributed by atoms with Crippen LogP contribution in [0.5, 0.6) is 11.8 Å². The van der Waals surface area contributed by atoms with Gasteiger partial charge in [0.25, 0.3) is 0 Å². The third-order valence-electron chi connectivity index (χ3n) is 5.82. The Labute approximate surface area is 184 Å². The van der Waals surface area contributed by atoms with Crippen molar-refractivity contribution in [1.29, 1.82) is 0 Å². The highest BCUT2D eigenvalue weighted by atomic mass is 16.7. The van der Waals surface area contributed by atoms with E-state index in [1.165, 1.54) is 0 Å². The van der Waals surface area contributed by atoms with Crippen LogP contribution in [-0.2, 0) is 22.5 Å². The first-order valence-electron chi connectivity index (χ1n) is 10.5. The minimum Gasteiger partial charge on any atom is -0.473 e. The second-order valence-corrected chi connectivity index (χ2v) is 8.68. The first-order chi connectivity index (χ1) is 14.8. The summed E-state index contributed by atoms with van der Waals surface area (Å²) in [5.41, 5.74) is 1.99. The van der Waals surface area contributed by atoms with Crippen molar-refractivity contribution in [3.05, 3.63) is 83.9 Å². The molecule has 1 saturated heterocycles. The lowest BCUT2D eigenvalue weighted by Gasteiger charge is -2.32. The van der Waals surface area contributed by atoms with Crippen LogP contribution in [0.1, 0.15) is 38.8 Å². The Morgan fingerprint density at radius 2 is 1.23 bits per heavy atom. The topological polar surface area (TPSA) is 49.8 Å². The third kappa shape index (κ3) is 4.92. The molecule has 1 aliphatic rings. The summed E-state index contributed by atoms with van der Waals surface area (Å²) in [7, 11) is -0.563. The molecule has 2 aromatic carbocycles. The number of aromatic nitrogens is 1. The number of hydrogen-bond donors (Lipinski definition) is 0. The maximum atomic E-state index is 6.23. The van der Waals surface area contributed by atoms with Crippen LogP contribution in [0.4, 0.5) is 0 Å². The lowest BCUT2D eigenvalue weighted by molar-refractivity contribution is 0.00578. The van der Waals surface area contributed by atoms with Gasteiger partial charge in [-0.15, -0.1) is 0 Å². The van der Waals surface area contributed by atoms with Gasteiger partial charge in [-0.05, 0) is 38.8 Å². The second-order valence-electron chi connectivity index (χ2n) is 8.68. The zero-order valence-electron chi connectivity index (χ0n) is 18.5. The van der Waals surface area contributed by atoms with Crippen LogP contribution in [0.2, 0.25) is 0 Å². The van der Waals surface area contributed by atoms with Crippen molar-refractivity contribution in [3.63, 3.8) is 0 Å². The van der Waals surface area contributed by atoms with Gasteiger partial charge in [0.1, 0.15) is 13.2 Å². The molecule has 2 heterocycles. The number of hydrogen-bond acceptors (Lipinski definition) is 5. The standard InChI is InChI=1S/C25H28BNO4/c1-24(2)25(3,4)31-26(30-24)21-15-16-22(28-17-19-11-7-5-8-12-19)27-23(21)29-18-20-13-9-6-10-14-20/h5-16H,17-18H2,1-4H3. The fraction of sp³-hybridized carbons (Fsp3) is 0.320. The highest BCUT2D eigenvalue weighted by Crippen LogP contribution is 2.37. The summed E-state index contributed by atoms with van der Waals surface area (Å²) in [6.07, 6.45) is 0. The molecular formula is C25H28BNO4. The van der Waals surface area contributed by atoms with Crippen molar-refractivity contribution < 1.29 is 18.8 Å². The first-order valence-corrected chi connectivity index (χ1v) is 10.5. The number of ether oxygens (including phenoxy) is 2. The van der Waals surface area contributed by atoms with Gasteiger partial charge >= 0.3 is 7.12 Å². The Morgan fingerprint density at radius 3 is 1.77 bits per heavy atom. The van der Waals surface area contributed by atoms with Crippen LogP contribution in [0.3, 0.4) is 0 Å². The molecule has 160 valence electrons. The molecule has 0 unspecified atom stereocenters. The van der Waals surface area contributed by atoms with Crippen LogP contribution in [0.25, 0.3) is 0 Å². The van der Waals surface area contributed by atoms with Gasteiger partial charge in [-0.1, -0.05) is 66.7 Å². The van der Waals surface area contributed by atoms with Gasteiger partial charge in [0.2, 0.25) is 11.8 Å². The van der Waals surface area contributed by atoms with Crippen molar-refractivity contribution >= 4 is 12.6 Å². The molecule has 4 rings (SSSR count). The SMILES string of the molecule is CC1(C)OB(c2ccc(OCc3ccccc3)nc2OCc2ccccc2)OC1(C)C. The van der Waals surface area contributed by atoms with Crippen LogP contribution in [0.15, 0.2) is 72.8 Å². The van der Waals surface area contributed by atoms with Crippen molar-refractivity contribution in [2.75, 3.05) is 0 Å². The summed E-state index contributed by atoms with van der Waals surface area (Å²) in [4.78, 5) is 4.64. The predicted octanol–water partition coefficient (Wildman–Crippen LogP) is 4.54. The second kappa shape index (κ2) is 8.73. The lowest BCUT2D eigenvalue weighted by atomic mass is 9.79. The molecule has 0 spiro atoms. The molecule has 1 fully saturated rings. The molecule has 5 nitrogen and oxygen atoms in total. The van der Waals surface area contributed by atoms with Crippen LogP contribution >= 0.6 is 0 Å². The van der Waals surface area contributed by atoms with Gasteiger partial charge in [-0.3, -0.25) is 0 Å². The molecule has 31 heavy (non-hydrogen) atoms. The molecular weight excluding hydrogens is 389 g/mol. The Hall–Kier alpha value is -2.83. The van der Waals surface area contributed by atoms with Crippen molar-refractivity contribution in [2.24, 2.45) is 0 Å². The molecule has 1 aromatic heterocycles. The highest BCUT2D eigenvalue weighted by Gasteiger charge is 2.52. The van der Waals surface area contributed by atoms with E-state index in [-0.39, 0.29) is 0 Å². The average molecular weight is 417 g/mol. The molecule has 0 amide bonds. The molecule has 0 saturated carbocycles. The summed E-state index contributed by atoms with van der Waals surface area (Å²) in [5, 5.41) is 0. The molecule has 0 N–H and O–H groups in total. The van der Waals surface area contributed by atoms with Gasteiger partial charge in [0.15, 0.2) is 0 Å². The molecule has 3 aromatic rings. The van der Waals surface area contributed by atoms with E-state index >= 15 is 0 Å². The quantitative estimate of drug-likeness (QED) is 0.529. The van der Waals surface area contributed by atoms with E-state index in [0.29, 0.717) is 25.0 Å². The van der Waals surface area contributed by atoms with Gasteiger partial charge in [0, 0.05) is 11.5 Å². The Balaban J connectivity index is 1.57. The monoisotopic (exact) mass is 417 g/mol. The molecule has 0 radical (unpaired) electrons. The van der Waals surface area contributed by atoms with Crippen molar-refractivity contribution in [1.82, 2.24) is 4.98 Å². The zero-order valence-corrected chi connectivity index (χ0v) is 18.5. The molecule has 1 aliphatic heterocycles. The minimum absolute atomic E-state index is 0.391. The number of rotatable bonds is 7. The van der Waals surface area contributed by atoms with E-state index < -0.39 is 18.3 Å². The molecule has 6 heteroatoms. The maximum absolute atomic E-state index is 6.23. The predicted molar refractivity (Wildman–Crippen MR) is 122 cm³/mol.